The van der Waals surface area contributed by atoms with Crippen LogP contribution in [-0.2, 0) is 77.9 Å². The fraction of sp³-hybridized carbons (Fsp3) is 0.172. The third-order valence-electron chi connectivity index (χ3n) is 18.7. The fourth-order valence-corrected chi connectivity index (χ4v) is 26.8. The molecule has 0 saturated carbocycles. The van der Waals surface area contributed by atoms with Gasteiger partial charge in [-0.3, -0.25) is 23.9 Å². The van der Waals surface area contributed by atoms with Crippen molar-refractivity contribution in [1.29, 1.82) is 0 Å². The summed E-state index contributed by atoms with van der Waals surface area (Å²) in [6.45, 7) is 4.60. The summed E-state index contributed by atoms with van der Waals surface area (Å²) in [6.07, 6.45) is 3.87. The number of aryl methyl sites for hydroxylation is 1. The topological polar surface area (TPSA) is 408 Å². The molecule has 0 spiro atoms. The number of phenols is 6. The summed E-state index contributed by atoms with van der Waals surface area (Å²) in [4.78, 5) is 48.3. The summed E-state index contributed by atoms with van der Waals surface area (Å²) in [5, 5.41) is 68.7. The molecule has 0 aromatic heterocycles. The minimum absolute atomic E-state index is 0.0151. The van der Waals surface area contributed by atoms with Crippen molar-refractivity contribution >= 4 is 337 Å². The number of carbonyl (C=O) groups is 4. The number of aliphatic hydroxyl groups is 1. The molecule has 0 unspecified atom stereocenters. The predicted octanol–water partition coefficient (Wildman–Crippen LogP) is 25.2. The van der Waals surface area contributed by atoms with E-state index in [1.807, 2.05) is 89.7 Å². The van der Waals surface area contributed by atoms with Gasteiger partial charge in [0.25, 0.3) is 0 Å². The highest BCUT2D eigenvalue weighted by molar-refractivity contribution is 14.1. The molecule has 0 aliphatic heterocycles. The standard InChI is InChI=1S/C22H21I2NO6S.C17H16I2O3.2C16H15I2NO3.C15H12I3NO5S.C13H11I2NO2/c1-30-17-6-8-19(9-7-17)32(28,29)25-15(13-26)10-14-11-20(23)22(21(24)12-14)31-18-4-2-16(27)3-5-18;1-2-12(20)4-3-11-9-15(18)17(16(19)10-11)22-14-7-5-13(21)6-8-14;1-19(2)15(21)9-10-7-13(17)16(14(18)8-10)22-12-5-3-11(20)4-6-12;1-2-19-15(21)9-10-7-13(17)16(14(18)8-10)22-12-5-3-11(20)4-6-12;1-25(22,23)19-14(21)6-8-4-11(17)15(12(18)5-8)24-9-2-3-13(20)10(16)7-9;14-11-5-8(7-16)6-12(15)13(11)18-10-3-1-9(17)2-4-10/h2-9,11-12,15,25-27H,10,13H2,1H3;5-10,21H,2-4H2,1H3;3-8,20H,9H2,1-2H3;3-8,20H,2,9H2,1H3,(H,19,21);2-5,7,20H,6H2,1H3,(H,19,21);1-6,17H,7,16H2/t15-;;;;;/m0...../s1. The highest BCUT2D eigenvalue weighted by Crippen LogP contribution is 2.42. The molecule has 0 aliphatic rings. The van der Waals surface area contributed by atoms with Gasteiger partial charge in [-0.15, -0.1) is 0 Å². The number of hydrogen-bond donors (Lipinski definition) is 11. The van der Waals surface area contributed by atoms with Gasteiger partial charge in [0, 0.05) is 46.1 Å². The lowest BCUT2D eigenvalue weighted by Crippen LogP contribution is -2.39. The number of aromatic hydroxyl groups is 6. The zero-order valence-electron chi connectivity index (χ0n) is 75.2. The Kier molecular flexibility index (Phi) is 51.2. The van der Waals surface area contributed by atoms with E-state index in [-0.39, 0.29) is 70.0 Å². The third-order valence-corrected chi connectivity index (χ3v) is 31.4. The van der Waals surface area contributed by atoms with Gasteiger partial charge in [-0.2, -0.15) is 0 Å². The lowest BCUT2D eigenvalue weighted by molar-refractivity contribution is -0.128. The van der Waals surface area contributed by atoms with E-state index in [0.717, 1.165) is 106 Å². The van der Waals surface area contributed by atoms with E-state index in [4.69, 9.17) is 38.9 Å². The number of aliphatic hydroxyl groups excluding tert-OH is 1. The summed E-state index contributed by atoms with van der Waals surface area (Å²) >= 11 is 28.3. The molecule has 0 heterocycles. The molecule has 141 heavy (non-hydrogen) atoms. The first-order chi connectivity index (χ1) is 66.7. The summed E-state index contributed by atoms with van der Waals surface area (Å²) < 4.78 is 104. The first kappa shape index (κ1) is 121. The van der Waals surface area contributed by atoms with Gasteiger partial charge in [0.2, 0.25) is 37.8 Å². The third kappa shape index (κ3) is 41.2. The highest BCUT2D eigenvalue weighted by Gasteiger charge is 2.24. The number of nitrogens with one attached hydrogen (secondary N) is 3. The van der Waals surface area contributed by atoms with Crippen molar-refractivity contribution in [1.82, 2.24) is 19.7 Å². The number of methoxy groups -OCH3 is 1. The van der Waals surface area contributed by atoms with E-state index < -0.39 is 32.0 Å². The predicted molar refractivity (Wildman–Crippen MR) is 654 cm³/mol. The molecule has 0 aliphatic carbocycles. The highest BCUT2D eigenvalue weighted by atomic mass is 127. The first-order valence-electron chi connectivity index (χ1n) is 41.6. The Morgan fingerprint density at radius 1 is 0.376 bits per heavy atom. The minimum atomic E-state index is -3.80. The normalized spacial score (nSPS) is 11.0. The largest absolute Gasteiger partial charge is 0.508 e. The molecule has 12 N–H and O–H groups in total. The van der Waals surface area contributed by atoms with E-state index >= 15 is 0 Å². The van der Waals surface area contributed by atoms with E-state index in [2.05, 4.69) is 293 Å². The molecule has 13 rings (SSSR count). The monoisotopic (exact) mass is 3410 g/mol. The second kappa shape index (κ2) is 59.7. The van der Waals surface area contributed by atoms with Crippen LogP contribution in [0.15, 0.2) is 241 Å². The Hall–Kier alpha value is -5.39. The summed E-state index contributed by atoms with van der Waals surface area (Å²) in [5.41, 5.74) is 11.3. The number of nitrogens with two attached hydrogens (primary N) is 1. The van der Waals surface area contributed by atoms with Crippen molar-refractivity contribution in [2.75, 3.05) is 40.6 Å². The number of nitrogens with zero attached hydrogens (tertiary/aromatic N) is 1. The van der Waals surface area contributed by atoms with E-state index in [0.29, 0.717) is 106 Å². The Morgan fingerprint density at radius 3 is 0.957 bits per heavy atom. The van der Waals surface area contributed by atoms with Crippen LogP contribution in [0, 0.1) is 46.4 Å². The van der Waals surface area contributed by atoms with Crippen LogP contribution in [-0.4, -0.2) is 128 Å². The van der Waals surface area contributed by atoms with Gasteiger partial charge in [-0.05, 0) is 583 Å². The number of ether oxygens (including phenoxy) is 7. The molecule has 13 aromatic rings. The van der Waals surface area contributed by atoms with Gasteiger partial charge in [-0.1, -0.05) is 6.92 Å². The molecule has 3 amide bonds. The van der Waals surface area contributed by atoms with Crippen LogP contribution in [0.2, 0.25) is 0 Å². The van der Waals surface area contributed by atoms with Crippen molar-refractivity contribution in [2.45, 2.75) is 76.3 Å². The maximum Gasteiger partial charge on any atom is 0.240 e. The van der Waals surface area contributed by atoms with Crippen LogP contribution in [0.1, 0.15) is 60.1 Å². The Labute approximate surface area is 994 Å². The average Bonchev–Trinajstić information content (AvgIpc) is 0.922. The number of carbonyl (C=O) groups excluding carboxylic acids is 4. The van der Waals surface area contributed by atoms with Crippen molar-refractivity contribution in [3.05, 3.63) is 316 Å². The fourth-order valence-electron chi connectivity index (χ4n) is 11.9. The SMILES string of the molecule is CCC(=O)CCc1cc(I)c(Oc2ccc(O)cc2)c(I)c1.CCNC(=O)Cc1cc(I)c(Oc2ccc(O)cc2)c(I)c1.CN(C)C(=O)Cc1cc(I)c(Oc2ccc(O)cc2)c(I)c1.COc1ccc(S(=O)(=O)N[C@H](CO)Cc2cc(I)c(Oc3ccc(O)cc3)c(I)c2)cc1.CS(=O)(=O)NC(=O)Cc1cc(I)c(Oc2ccc(O)c(I)c2)c(I)c1.NCc1cc(I)c(Oc2ccc(O)cc2)c(I)c1. The number of hydrogen-bond acceptors (Lipinski definition) is 23. The lowest BCUT2D eigenvalue weighted by Gasteiger charge is -2.18. The zero-order chi connectivity index (χ0) is 104. The molecule has 42 heteroatoms. The van der Waals surface area contributed by atoms with Gasteiger partial charge in [0.05, 0.1) is 90.5 Å². The van der Waals surface area contributed by atoms with Gasteiger partial charge < -0.3 is 84.9 Å². The van der Waals surface area contributed by atoms with E-state index in [9.17, 15) is 71.8 Å². The summed E-state index contributed by atoms with van der Waals surface area (Å²) in [6, 6.07) is 66.5. The Balaban J connectivity index is 0.000000209. The number of halogens is 13. The van der Waals surface area contributed by atoms with Gasteiger partial charge >= 0.3 is 0 Å². The molecule has 0 radical (unpaired) electrons. The molecule has 27 nitrogen and oxygen atoms in total. The van der Waals surface area contributed by atoms with Gasteiger partial charge in [0.15, 0.2) is 34.5 Å². The summed E-state index contributed by atoms with van der Waals surface area (Å²) in [7, 11) is -2.36. The molecular formula is C99H90I13N5O22S2. The molecule has 13 aromatic carbocycles. The van der Waals surface area contributed by atoms with Gasteiger partial charge in [0.1, 0.15) is 80.5 Å². The lowest BCUT2D eigenvalue weighted by atomic mass is 10.1. The Morgan fingerprint density at radius 2 is 0.667 bits per heavy atom. The zero-order valence-corrected chi connectivity index (χ0v) is 105. The second-order valence-electron chi connectivity index (χ2n) is 30.1. The second-order valence-corrected chi connectivity index (χ2v) is 48.6. The number of Topliss-reactive ketones (excluding diaryl/α,β-unsaturated/α-hetero) is 1. The van der Waals surface area contributed by atoms with Crippen LogP contribution in [0.4, 0.5) is 0 Å². The smallest absolute Gasteiger partial charge is 0.240 e. The maximum atomic E-state index is 12.7. The van der Waals surface area contributed by atoms with Crippen LogP contribution in [0.5, 0.6) is 109 Å². The average molecular weight is 3420 g/mol. The van der Waals surface area contributed by atoms with Crippen LogP contribution < -0.4 is 53.7 Å². The number of likely N-dealkylation sites (N-methyl/N-ethyl adjacent to an activating group) is 2. The molecular weight excluding hydrogens is 3320 g/mol. The van der Waals surface area contributed by atoms with E-state index in [1.165, 1.54) is 19.2 Å². The van der Waals surface area contributed by atoms with Crippen molar-refractivity contribution in [3.63, 3.8) is 0 Å². The molecule has 0 fully saturated rings. The Bertz CT molecular complexity index is 6600. The quantitative estimate of drug-likeness (QED) is 0.0174. The van der Waals surface area contributed by atoms with Crippen LogP contribution >= 0.6 is 294 Å². The minimum Gasteiger partial charge on any atom is -0.508 e. The van der Waals surface area contributed by atoms with Crippen LogP contribution in [0.25, 0.3) is 0 Å². The number of sulfonamides is 2. The van der Waals surface area contributed by atoms with Crippen molar-refractivity contribution in [3.8, 4) is 109 Å². The first-order valence-corrected chi connectivity index (χ1v) is 59.0. The number of amides is 3. The number of rotatable bonds is 32. The summed E-state index contributed by atoms with van der Waals surface area (Å²) in [5.74, 6) is 9.84. The number of phenolic OH excluding ortho intramolecular Hbond substituents is 6. The number of ketones is 1. The van der Waals surface area contributed by atoms with Gasteiger partial charge in [-0.25, -0.2) is 21.6 Å². The van der Waals surface area contributed by atoms with Crippen LogP contribution in [0.3, 0.4) is 0 Å². The van der Waals surface area contributed by atoms with E-state index in [1.54, 1.807) is 183 Å². The molecule has 746 valence electrons. The molecule has 0 bridgehead atoms. The maximum absolute atomic E-state index is 12.7. The van der Waals surface area contributed by atoms with Crippen molar-refractivity contribution < 1.29 is 105 Å². The number of benzene rings is 13. The van der Waals surface area contributed by atoms with Crippen molar-refractivity contribution in [2.24, 2.45) is 5.73 Å². The molecule has 0 saturated heterocycles. The molecule has 1 atom stereocenters.